The smallest absolute Gasteiger partial charge is 0.411 e. The van der Waals surface area contributed by atoms with Crippen molar-refractivity contribution in [3.8, 4) is 11.5 Å². The standard InChI is InChI=1S/C17H13F3IN3O3/c18-17(19,20)6-7-23(16(25)26)13-8-12(27-11-4-2-1-3-5-11)10-24-14(21)9-22-15(13)24/h1-5,8-10H,6-7H2,(H,25,26). The van der Waals surface area contributed by atoms with E-state index in [-0.39, 0.29) is 17.1 Å². The average molecular weight is 491 g/mol. The molecule has 0 unspecified atom stereocenters. The predicted octanol–water partition coefficient (Wildman–Crippen LogP) is 5.17. The van der Waals surface area contributed by atoms with E-state index in [0.29, 0.717) is 14.4 Å². The van der Waals surface area contributed by atoms with Gasteiger partial charge in [0.1, 0.15) is 15.2 Å². The second kappa shape index (κ2) is 7.62. The molecule has 0 aliphatic carbocycles. The van der Waals surface area contributed by atoms with E-state index in [2.05, 4.69) is 4.98 Å². The largest absolute Gasteiger partial charge is 0.465 e. The van der Waals surface area contributed by atoms with Gasteiger partial charge in [0.05, 0.1) is 24.5 Å². The van der Waals surface area contributed by atoms with Gasteiger partial charge in [-0.15, -0.1) is 0 Å². The molecule has 0 radical (unpaired) electrons. The van der Waals surface area contributed by atoms with Crippen LogP contribution in [0.25, 0.3) is 5.65 Å². The molecule has 1 aromatic carbocycles. The molecule has 0 fully saturated rings. The first-order valence-electron chi connectivity index (χ1n) is 7.71. The van der Waals surface area contributed by atoms with E-state index in [1.54, 1.807) is 34.9 Å². The molecule has 1 N–H and O–H groups in total. The van der Waals surface area contributed by atoms with Crippen molar-refractivity contribution in [1.82, 2.24) is 9.38 Å². The number of alkyl halides is 3. The Morgan fingerprint density at radius 2 is 1.96 bits per heavy atom. The number of pyridine rings is 1. The highest BCUT2D eigenvalue weighted by Gasteiger charge is 2.30. The molecule has 0 saturated carbocycles. The third-order valence-electron chi connectivity index (χ3n) is 3.64. The third kappa shape index (κ3) is 4.62. The quantitative estimate of drug-likeness (QED) is 0.501. The fourth-order valence-corrected chi connectivity index (χ4v) is 2.96. The topological polar surface area (TPSA) is 67.1 Å². The minimum Gasteiger partial charge on any atom is -0.465 e. The number of carbonyl (C=O) groups is 1. The van der Waals surface area contributed by atoms with Crippen molar-refractivity contribution >= 4 is 40.0 Å². The summed E-state index contributed by atoms with van der Waals surface area (Å²) in [4.78, 5) is 16.4. The summed E-state index contributed by atoms with van der Waals surface area (Å²) in [5, 5.41) is 9.45. The zero-order valence-corrected chi connectivity index (χ0v) is 15.8. The van der Waals surface area contributed by atoms with E-state index in [0.717, 1.165) is 0 Å². The molecule has 27 heavy (non-hydrogen) atoms. The number of ether oxygens (including phenoxy) is 1. The van der Waals surface area contributed by atoms with Crippen molar-refractivity contribution in [2.24, 2.45) is 0 Å². The Kier molecular flexibility index (Phi) is 5.44. The second-order valence-corrected chi connectivity index (χ2v) is 6.66. The van der Waals surface area contributed by atoms with Crippen LogP contribution in [-0.4, -0.2) is 33.3 Å². The van der Waals surface area contributed by atoms with E-state index in [1.807, 2.05) is 28.7 Å². The minimum absolute atomic E-state index is 0.0168. The van der Waals surface area contributed by atoms with E-state index in [4.69, 9.17) is 4.74 Å². The minimum atomic E-state index is -4.48. The molecule has 0 aliphatic rings. The first-order chi connectivity index (χ1) is 12.7. The zero-order valence-electron chi connectivity index (χ0n) is 13.7. The highest BCUT2D eigenvalue weighted by Crippen LogP contribution is 2.32. The summed E-state index contributed by atoms with van der Waals surface area (Å²) in [6.45, 7) is -0.743. The molecule has 0 atom stereocenters. The first kappa shape index (κ1) is 19.3. The second-order valence-electron chi connectivity index (χ2n) is 5.55. The summed E-state index contributed by atoms with van der Waals surface area (Å²) in [6.07, 6.45) is -4.16. The molecule has 0 spiro atoms. The Morgan fingerprint density at radius 1 is 1.26 bits per heavy atom. The SMILES string of the molecule is O=C(O)N(CCC(F)(F)F)c1cc(Oc2ccccc2)cn2c(I)cnc12. The Morgan fingerprint density at radius 3 is 2.59 bits per heavy atom. The number of rotatable bonds is 5. The summed E-state index contributed by atoms with van der Waals surface area (Å²) in [6, 6.07) is 10.1. The molecule has 0 aliphatic heterocycles. The van der Waals surface area contributed by atoms with Gasteiger partial charge in [-0.1, -0.05) is 18.2 Å². The van der Waals surface area contributed by atoms with Gasteiger partial charge in [-0.25, -0.2) is 9.78 Å². The van der Waals surface area contributed by atoms with Gasteiger partial charge in [0.2, 0.25) is 0 Å². The van der Waals surface area contributed by atoms with Crippen LogP contribution in [0.3, 0.4) is 0 Å². The molecule has 6 nitrogen and oxygen atoms in total. The van der Waals surface area contributed by atoms with Gasteiger partial charge in [0, 0.05) is 12.6 Å². The van der Waals surface area contributed by atoms with Crippen LogP contribution in [0.15, 0.2) is 48.8 Å². The maximum absolute atomic E-state index is 12.6. The van der Waals surface area contributed by atoms with Gasteiger partial charge in [0.25, 0.3) is 0 Å². The van der Waals surface area contributed by atoms with Crippen molar-refractivity contribution in [3.05, 3.63) is 52.5 Å². The fraction of sp³-hybridized carbons (Fsp3) is 0.176. The number of hydrogen-bond donors (Lipinski definition) is 1. The van der Waals surface area contributed by atoms with Crippen LogP contribution in [0, 0.1) is 3.70 Å². The highest BCUT2D eigenvalue weighted by atomic mass is 127. The Hall–Kier alpha value is -2.50. The Balaban J connectivity index is 2.05. The van der Waals surface area contributed by atoms with E-state index >= 15 is 0 Å². The van der Waals surface area contributed by atoms with E-state index < -0.39 is 25.2 Å². The monoisotopic (exact) mass is 491 g/mol. The van der Waals surface area contributed by atoms with Crippen molar-refractivity contribution in [2.45, 2.75) is 12.6 Å². The number of halogens is 4. The maximum atomic E-state index is 12.6. The van der Waals surface area contributed by atoms with Crippen molar-refractivity contribution < 1.29 is 27.8 Å². The molecule has 0 bridgehead atoms. The Labute approximate surface area is 165 Å². The molecular weight excluding hydrogens is 478 g/mol. The number of benzene rings is 1. The summed E-state index contributed by atoms with van der Waals surface area (Å²) >= 11 is 1.99. The molecule has 10 heteroatoms. The number of nitrogens with zero attached hydrogens (tertiary/aromatic N) is 3. The number of carboxylic acid groups (broad SMARTS) is 1. The van der Waals surface area contributed by atoms with Crippen LogP contribution in [0.5, 0.6) is 11.5 Å². The summed E-state index contributed by atoms with van der Waals surface area (Å²) in [7, 11) is 0. The average Bonchev–Trinajstić information content (AvgIpc) is 2.96. The van der Waals surface area contributed by atoms with Gasteiger partial charge >= 0.3 is 12.3 Å². The summed E-state index contributed by atoms with van der Waals surface area (Å²) in [5.74, 6) is 0.785. The van der Waals surface area contributed by atoms with Gasteiger partial charge in [0.15, 0.2) is 5.65 Å². The van der Waals surface area contributed by atoms with Crippen molar-refractivity contribution in [3.63, 3.8) is 0 Å². The van der Waals surface area contributed by atoms with Crippen LogP contribution >= 0.6 is 22.6 Å². The van der Waals surface area contributed by atoms with Crippen LogP contribution in [0.2, 0.25) is 0 Å². The third-order valence-corrected chi connectivity index (χ3v) is 4.43. The normalized spacial score (nSPS) is 11.6. The van der Waals surface area contributed by atoms with Crippen LogP contribution in [0.1, 0.15) is 6.42 Å². The van der Waals surface area contributed by atoms with Crippen LogP contribution in [-0.2, 0) is 0 Å². The lowest BCUT2D eigenvalue weighted by molar-refractivity contribution is -0.132. The van der Waals surface area contributed by atoms with Crippen LogP contribution in [0.4, 0.5) is 23.7 Å². The number of aromatic nitrogens is 2. The number of para-hydroxylation sites is 1. The predicted molar refractivity (Wildman–Crippen MR) is 100 cm³/mol. The number of fused-ring (bicyclic) bond motifs is 1. The molecule has 2 heterocycles. The number of amides is 1. The lowest BCUT2D eigenvalue weighted by Crippen LogP contribution is -2.33. The number of hydrogen-bond acceptors (Lipinski definition) is 3. The molecule has 3 aromatic rings. The molecule has 142 valence electrons. The molecule has 2 aromatic heterocycles. The first-order valence-corrected chi connectivity index (χ1v) is 8.79. The van der Waals surface area contributed by atoms with Crippen molar-refractivity contribution in [1.29, 1.82) is 0 Å². The fourth-order valence-electron chi connectivity index (χ4n) is 2.45. The summed E-state index contributed by atoms with van der Waals surface area (Å²) in [5.41, 5.74) is 0.243. The van der Waals surface area contributed by atoms with Crippen molar-refractivity contribution in [2.75, 3.05) is 11.4 Å². The maximum Gasteiger partial charge on any atom is 0.411 e. The number of anilines is 1. The lowest BCUT2D eigenvalue weighted by atomic mass is 10.3. The molecule has 0 saturated heterocycles. The van der Waals surface area contributed by atoms with Gasteiger partial charge < -0.3 is 9.84 Å². The van der Waals surface area contributed by atoms with Crippen LogP contribution < -0.4 is 9.64 Å². The van der Waals surface area contributed by atoms with E-state index in [1.165, 1.54) is 12.3 Å². The van der Waals surface area contributed by atoms with Gasteiger partial charge in [-0.05, 0) is 34.7 Å². The zero-order chi connectivity index (χ0) is 19.6. The van der Waals surface area contributed by atoms with Gasteiger partial charge in [-0.2, -0.15) is 13.2 Å². The number of imidazole rings is 1. The Bertz CT molecular complexity index is 960. The summed E-state index contributed by atoms with van der Waals surface area (Å²) < 4.78 is 45.8. The molecule has 3 rings (SSSR count). The molecular formula is C17H13F3IN3O3. The highest BCUT2D eigenvalue weighted by molar-refractivity contribution is 14.1. The lowest BCUT2D eigenvalue weighted by Gasteiger charge is -2.21. The van der Waals surface area contributed by atoms with E-state index in [9.17, 15) is 23.1 Å². The van der Waals surface area contributed by atoms with Gasteiger partial charge in [-0.3, -0.25) is 9.30 Å². The molecule has 1 amide bonds.